The Hall–Kier alpha value is -2.95. The van der Waals surface area contributed by atoms with E-state index in [1.807, 2.05) is 0 Å². The summed E-state index contributed by atoms with van der Waals surface area (Å²) in [4.78, 5) is 38.2. The summed E-state index contributed by atoms with van der Waals surface area (Å²) in [5.41, 5.74) is 1.01. The lowest BCUT2D eigenvalue weighted by molar-refractivity contribution is -0.147. The molecule has 0 radical (unpaired) electrons. The minimum atomic E-state index is -3.80. The van der Waals surface area contributed by atoms with Gasteiger partial charge in [0.2, 0.25) is 15.9 Å². The molecular formula is C21H22ClN3O6S. The van der Waals surface area contributed by atoms with Gasteiger partial charge in [-0.2, -0.15) is 0 Å². The van der Waals surface area contributed by atoms with Crippen molar-refractivity contribution in [1.82, 2.24) is 4.72 Å². The number of carbonyl (C=O) groups is 3. The number of para-hydroxylation sites is 2. The molecule has 0 aliphatic carbocycles. The number of hydrogen-bond donors (Lipinski definition) is 2. The molecular weight excluding hydrogens is 458 g/mol. The van der Waals surface area contributed by atoms with E-state index in [-0.39, 0.29) is 30.2 Å². The number of fused-ring (bicyclic) bond motifs is 1. The van der Waals surface area contributed by atoms with Gasteiger partial charge in [0.1, 0.15) is 0 Å². The van der Waals surface area contributed by atoms with Gasteiger partial charge in [-0.05, 0) is 43.3 Å². The van der Waals surface area contributed by atoms with Crippen LogP contribution in [0.25, 0.3) is 0 Å². The number of hydrogen-bond acceptors (Lipinski definition) is 6. The monoisotopic (exact) mass is 479 g/mol. The van der Waals surface area contributed by atoms with Crippen LogP contribution >= 0.6 is 11.6 Å². The molecule has 2 aromatic rings. The van der Waals surface area contributed by atoms with Gasteiger partial charge in [0.25, 0.3) is 5.91 Å². The minimum Gasteiger partial charge on any atom is -0.456 e. The number of sulfonamides is 1. The van der Waals surface area contributed by atoms with Crippen LogP contribution < -0.4 is 14.9 Å². The van der Waals surface area contributed by atoms with Crippen molar-refractivity contribution < 1.29 is 27.5 Å². The van der Waals surface area contributed by atoms with E-state index in [9.17, 15) is 22.8 Å². The second-order valence-electron chi connectivity index (χ2n) is 7.14. The molecule has 1 aliphatic heterocycles. The van der Waals surface area contributed by atoms with Gasteiger partial charge in [0.15, 0.2) is 6.61 Å². The molecule has 1 atom stereocenters. The molecule has 2 aromatic carbocycles. The third kappa shape index (κ3) is 5.84. The number of halogens is 1. The van der Waals surface area contributed by atoms with Crippen LogP contribution in [0.5, 0.6) is 0 Å². The van der Waals surface area contributed by atoms with Gasteiger partial charge in [-0.25, -0.2) is 13.1 Å². The van der Waals surface area contributed by atoms with E-state index < -0.39 is 34.5 Å². The molecule has 0 bridgehead atoms. The first kappa shape index (κ1) is 23.7. The number of nitrogens with one attached hydrogen (secondary N) is 2. The second-order valence-corrected chi connectivity index (χ2v) is 9.35. The smallest absolute Gasteiger partial charge is 0.307 e. The van der Waals surface area contributed by atoms with Gasteiger partial charge in [-0.1, -0.05) is 23.7 Å². The first-order valence-electron chi connectivity index (χ1n) is 9.79. The molecule has 9 nitrogen and oxygen atoms in total. The Morgan fingerprint density at radius 2 is 1.88 bits per heavy atom. The number of nitrogens with zero attached hydrogens (tertiary/aromatic N) is 1. The normalized spacial score (nSPS) is 16.0. The Balaban J connectivity index is 1.54. The average Bonchev–Trinajstić information content (AvgIpc) is 2.86. The molecule has 11 heteroatoms. The fraction of sp³-hybridized carbons (Fsp3) is 0.286. The lowest BCUT2D eigenvalue weighted by atomic mass is 10.1. The molecule has 1 heterocycles. The molecule has 170 valence electrons. The van der Waals surface area contributed by atoms with Gasteiger partial charge in [-0.15, -0.1) is 0 Å². The van der Waals surface area contributed by atoms with Crippen molar-refractivity contribution in [2.75, 3.05) is 23.4 Å². The molecule has 32 heavy (non-hydrogen) atoms. The molecule has 0 aromatic heterocycles. The molecule has 2 amide bonds. The van der Waals surface area contributed by atoms with Crippen molar-refractivity contribution in [3.05, 3.63) is 53.6 Å². The summed E-state index contributed by atoms with van der Waals surface area (Å²) in [7, 11) is -3.80. The maximum atomic E-state index is 12.8. The van der Waals surface area contributed by atoms with Crippen molar-refractivity contribution in [3.63, 3.8) is 0 Å². The van der Waals surface area contributed by atoms with Gasteiger partial charge in [-0.3, -0.25) is 14.4 Å². The number of anilines is 2. The van der Waals surface area contributed by atoms with E-state index in [0.717, 1.165) is 0 Å². The predicted octanol–water partition coefficient (Wildman–Crippen LogP) is 2.32. The van der Waals surface area contributed by atoms with E-state index in [1.54, 1.807) is 31.2 Å². The average molecular weight is 480 g/mol. The quantitative estimate of drug-likeness (QED) is 0.588. The first-order chi connectivity index (χ1) is 15.2. The fourth-order valence-corrected chi connectivity index (χ4v) is 4.39. The third-order valence-electron chi connectivity index (χ3n) is 4.73. The maximum absolute atomic E-state index is 12.8. The van der Waals surface area contributed by atoms with Crippen LogP contribution in [0, 0.1) is 0 Å². The number of carbonyl (C=O) groups excluding carboxylic acids is 3. The lowest BCUT2D eigenvalue weighted by Crippen LogP contribution is -2.41. The Kier molecular flexibility index (Phi) is 7.49. The van der Waals surface area contributed by atoms with Crippen LogP contribution in [0.3, 0.4) is 0 Å². The van der Waals surface area contributed by atoms with E-state index >= 15 is 0 Å². The number of amides is 2. The van der Waals surface area contributed by atoms with E-state index in [4.69, 9.17) is 16.3 Å². The van der Waals surface area contributed by atoms with Gasteiger partial charge in [0, 0.05) is 24.0 Å². The topological polar surface area (TPSA) is 122 Å². The number of ether oxygens (including phenoxy) is 1. The van der Waals surface area contributed by atoms with Crippen LogP contribution in [0.1, 0.15) is 19.8 Å². The molecule has 1 unspecified atom stereocenters. The Morgan fingerprint density at radius 3 is 2.59 bits per heavy atom. The second kappa shape index (κ2) is 10.1. The Labute approximate surface area is 190 Å². The van der Waals surface area contributed by atoms with Crippen LogP contribution in [0.4, 0.5) is 11.4 Å². The highest BCUT2D eigenvalue weighted by atomic mass is 35.5. The molecule has 0 saturated carbocycles. The highest BCUT2D eigenvalue weighted by Crippen LogP contribution is 2.31. The SMILES string of the molecule is CC1CC(=O)Nc2ccccc2N1C(=O)COC(=O)CCNS(=O)(=O)c1ccc(Cl)cc1. The van der Waals surface area contributed by atoms with Crippen LogP contribution in [-0.2, 0) is 29.1 Å². The van der Waals surface area contributed by atoms with Crippen molar-refractivity contribution in [3.8, 4) is 0 Å². The summed E-state index contributed by atoms with van der Waals surface area (Å²) in [5.74, 6) is -1.44. The van der Waals surface area contributed by atoms with Crippen LogP contribution in [0.15, 0.2) is 53.4 Å². The summed E-state index contributed by atoms with van der Waals surface area (Å²) in [6.45, 7) is 1.00. The number of benzene rings is 2. The van der Waals surface area contributed by atoms with Gasteiger partial charge < -0.3 is 15.0 Å². The van der Waals surface area contributed by atoms with Crippen molar-refractivity contribution in [1.29, 1.82) is 0 Å². The molecule has 3 rings (SSSR count). The summed E-state index contributed by atoms with van der Waals surface area (Å²) in [6.07, 6.45) is -0.160. The Bertz CT molecular complexity index is 1120. The Morgan fingerprint density at radius 1 is 1.19 bits per heavy atom. The van der Waals surface area contributed by atoms with Crippen molar-refractivity contribution in [2.45, 2.75) is 30.7 Å². The van der Waals surface area contributed by atoms with Crippen LogP contribution in [-0.4, -0.2) is 45.4 Å². The van der Waals surface area contributed by atoms with Gasteiger partial charge >= 0.3 is 5.97 Å². The fourth-order valence-electron chi connectivity index (χ4n) is 3.24. The molecule has 0 spiro atoms. The lowest BCUT2D eigenvalue weighted by Gasteiger charge is -2.27. The number of rotatable bonds is 7. The predicted molar refractivity (Wildman–Crippen MR) is 119 cm³/mol. The first-order valence-corrected chi connectivity index (χ1v) is 11.7. The zero-order chi connectivity index (χ0) is 23.3. The zero-order valence-electron chi connectivity index (χ0n) is 17.2. The molecule has 1 aliphatic rings. The zero-order valence-corrected chi connectivity index (χ0v) is 18.8. The summed E-state index contributed by atoms with van der Waals surface area (Å²) in [5, 5.41) is 3.15. The highest BCUT2D eigenvalue weighted by Gasteiger charge is 2.30. The van der Waals surface area contributed by atoms with E-state index in [1.165, 1.54) is 29.2 Å². The van der Waals surface area contributed by atoms with E-state index in [0.29, 0.717) is 16.4 Å². The molecule has 0 fully saturated rings. The third-order valence-corrected chi connectivity index (χ3v) is 6.46. The minimum absolute atomic E-state index is 0.0161. The molecule has 2 N–H and O–H groups in total. The van der Waals surface area contributed by atoms with Crippen molar-refractivity contribution in [2.24, 2.45) is 0 Å². The largest absolute Gasteiger partial charge is 0.456 e. The van der Waals surface area contributed by atoms with E-state index in [2.05, 4.69) is 10.0 Å². The maximum Gasteiger partial charge on any atom is 0.307 e. The number of esters is 1. The van der Waals surface area contributed by atoms with Gasteiger partial charge in [0.05, 0.1) is 22.7 Å². The molecule has 0 saturated heterocycles. The van der Waals surface area contributed by atoms with Crippen molar-refractivity contribution >= 4 is 50.8 Å². The standard InChI is InChI=1S/C21H22ClN3O6S/c1-14-12-19(26)24-17-4-2-3-5-18(17)25(14)20(27)13-31-21(28)10-11-23-32(29,30)16-8-6-15(22)7-9-16/h2-9,14,23H,10-13H2,1H3,(H,24,26). The summed E-state index contributed by atoms with van der Waals surface area (Å²) < 4.78 is 31.8. The highest BCUT2D eigenvalue weighted by molar-refractivity contribution is 7.89. The summed E-state index contributed by atoms with van der Waals surface area (Å²) >= 11 is 5.75. The summed E-state index contributed by atoms with van der Waals surface area (Å²) in [6, 6.07) is 12.0. The van der Waals surface area contributed by atoms with Crippen LogP contribution in [0.2, 0.25) is 5.02 Å².